The predicted octanol–water partition coefficient (Wildman–Crippen LogP) is 3.30. The lowest BCUT2D eigenvalue weighted by Crippen LogP contribution is -2.19. The highest BCUT2D eigenvalue weighted by molar-refractivity contribution is 5.51. The molecule has 0 aliphatic heterocycles. The van der Waals surface area contributed by atoms with E-state index in [-0.39, 0.29) is 6.04 Å². The van der Waals surface area contributed by atoms with E-state index >= 15 is 0 Å². The highest BCUT2D eigenvalue weighted by Crippen LogP contribution is 2.13. The van der Waals surface area contributed by atoms with Gasteiger partial charge in [-0.25, -0.2) is 0 Å². The fourth-order valence-corrected chi connectivity index (χ4v) is 1.77. The van der Waals surface area contributed by atoms with E-state index in [9.17, 15) is 0 Å². The van der Waals surface area contributed by atoms with Crippen LogP contribution in [0.15, 0.2) is 60.2 Å². The van der Waals surface area contributed by atoms with E-state index in [1.165, 1.54) is 11.1 Å². The van der Waals surface area contributed by atoms with Crippen molar-refractivity contribution in [1.82, 2.24) is 0 Å². The van der Waals surface area contributed by atoms with Crippen molar-refractivity contribution in [3.05, 3.63) is 65.8 Å². The van der Waals surface area contributed by atoms with Crippen molar-refractivity contribution in [2.24, 2.45) is 5.73 Å². The summed E-state index contributed by atoms with van der Waals surface area (Å²) in [6, 6.07) is 10.2. The van der Waals surface area contributed by atoms with Gasteiger partial charge < -0.3 is 5.73 Å². The summed E-state index contributed by atoms with van der Waals surface area (Å²) >= 11 is 0. The Kier molecular flexibility index (Phi) is 3.73. The van der Waals surface area contributed by atoms with Crippen LogP contribution in [0.25, 0.3) is 6.08 Å². The van der Waals surface area contributed by atoms with Gasteiger partial charge in [-0.15, -0.1) is 0 Å². The molecular formula is C15H17N. The summed E-state index contributed by atoms with van der Waals surface area (Å²) in [5.41, 5.74) is 8.50. The van der Waals surface area contributed by atoms with Crippen LogP contribution in [0.2, 0.25) is 0 Å². The highest BCUT2D eigenvalue weighted by atomic mass is 14.6. The molecule has 1 aliphatic rings. The molecule has 0 spiro atoms. The Morgan fingerprint density at radius 3 is 2.62 bits per heavy atom. The minimum atomic E-state index is 0.0109. The van der Waals surface area contributed by atoms with Gasteiger partial charge in [0.15, 0.2) is 0 Å². The van der Waals surface area contributed by atoms with E-state index in [4.69, 9.17) is 5.73 Å². The van der Waals surface area contributed by atoms with Gasteiger partial charge in [-0.2, -0.15) is 0 Å². The summed E-state index contributed by atoms with van der Waals surface area (Å²) in [7, 11) is 0. The predicted molar refractivity (Wildman–Crippen MR) is 69.9 cm³/mol. The molecule has 16 heavy (non-hydrogen) atoms. The highest BCUT2D eigenvalue weighted by Gasteiger charge is 2.03. The van der Waals surface area contributed by atoms with E-state index in [2.05, 4.69) is 42.5 Å². The minimum Gasteiger partial charge on any atom is -0.321 e. The maximum atomic E-state index is 6.09. The van der Waals surface area contributed by atoms with Gasteiger partial charge in [-0.05, 0) is 24.0 Å². The molecule has 2 N–H and O–H groups in total. The van der Waals surface area contributed by atoms with E-state index in [0.29, 0.717) is 0 Å². The molecule has 1 heteroatoms. The van der Waals surface area contributed by atoms with Crippen LogP contribution in [0, 0.1) is 0 Å². The molecule has 1 aromatic rings. The molecule has 2 rings (SSSR count). The molecule has 0 fully saturated rings. The summed E-state index contributed by atoms with van der Waals surface area (Å²) in [4.78, 5) is 0. The topological polar surface area (TPSA) is 26.0 Å². The van der Waals surface area contributed by atoms with Crippen molar-refractivity contribution in [3.8, 4) is 0 Å². The maximum absolute atomic E-state index is 6.09. The van der Waals surface area contributed by atoms with E-state index in [1.807, 2.05) is 18.2 Å². The third-order valence-electron chi connectivity index (χ3n) is 2.70. The molecule has 1 aromatic carbocycles. The van der Waals surface area contributed by atoms with Gasteiger partial charge in [-0.3, -0.25) is 0 Å². The molecule has 1 nitrogen and oxygen atoms in total. The average Bonchev–Trinajstić information content (AvgIpc) is 2.38. The van der Waals surface area contributed by atoms with Crippen LogP contribution < -0.4 is 5.73 Å². The second kappa shape index (κ2) is 5.47. The van der Waals surface area contributed by atoms with Gasteiger partial charge >= 0.3 is 0 Å². The normalized spacial score (nSPS) is 17.4. The number of rotatable bonds is 3. The van der Waals surface area contributed by atoms with E-state index in [0.717, 1.165) is 12.8 Å². The second-order valence-electron chi connectivity index (χ2n) is 3.98. The van der Waals surface area contributed by atoms with Crippen LogP contribution >= 0.6 is 0 Å². The first-order valence-electron chi connectivity index (χ1n) is 5.72. The lowest BCUT2D eigenvalue weighted by atomic mass is 10.00. The number of allylic oxidation sites excluding steroid dienone is 2. The van der Waals surface area contributed by atoms with Crippen LogP contribution in [0.1, 0.15) is 18.4 Å². The zero-order valence-corrected chi connectivity index (χ0v) is 9.34. The molecule has 1 atom stereocenters. The van der Waals surface area contributed by atoms with Crippen molar-refractivity contribution in [3.63, 3.8) is 0 Å². The number of hydrogen-bond donors (Lipinski definition) is 1. The maximum Gasteiger partial charge on any atom is 0.0481 e. The number of nitrogens with two attached hydrogens (primary N) is 1. The summed E-state index contributed by atoms with van der Waals surface area (Å²) in [5.74, 6) is 0. The van der Waals surface area contributed by atoms with Gasteiger partial charge in [0.05, 0.1) is 0 Å². The first-order chi connectivity index (χ1) is 7.86. The summed E-state index contributed by atoms with van der Waals surface area (Å²) < 4.78 is 0. The molecule has 82 valence electrons. The molecule has 0 aromatic heterocycles. The monoisotopic (exact) mass is 211 g/mol. The Bertz CT molecular complexity index is 412. The lowest BCUT2D eigenvalue weighted by molar-refractivity contribution is 0.925. The standard InChI is InChI=1S/C15H17N/c16-15(14-9-5-2-6-10-14)12-11-13-7-3-1-4-8-13/h1,3-5,7-12,15H,2,6,16H2/b12-11-. The molecule has 1 aliphatic carbocycles. The van der Waals surface area contributed by atoms with Crippen molar-refractivity contribution in [2.75, 3.05) is 0 Å². The van der Waals surface area contributed by atoms with Crippen LogP contribution in [-0.2, 0) is 0 Å². The Morgan fingerprint density at radius 1 is 1.12 bits per heavy atom. The first-order valence-corrected chi connectivity index (χ1v) is 5.72. The summed E-state index contributed by atoms with van der Waals surface area (Å²) in [5, 5.41) is 0. The number of benzene rings is 1. The lowest BCUT2D eigenvalue weighted by Gasteiger charge is -2.11. The quantitative estimate of drug-likeness (QED) is 0.815. The fourth-order valence-electron chi connectivity index (χ4n) is 1.77. The van der Waals surface area contributed by atoms with Gasteiger partial charge in [-0.1, -0.05) is 60.7 Å². The first kappa shape index (κ1) is 10.9. The third kappa shape index (κ3) is 2.94. The Hall–Kier alpha value is -1.60. The van der Waals surface area contributed by atoms with Crippen molar-refractivity contribution in [2.45, 2.75) is 18.9 Å². The van der Waals surface area contributed by atoms with E-state index in [1.54, 1.807) is 0 Å². The van der Waals surface area contributed by atoms with Crippen molar-refractivity contribution in [1.29, 1.82) is 0 Å². The molecule has 0 radical (unpaired) electrons. The Balaban J connectivity index is 2.02. The molecular weight excluding hydrogens is 194 g/mol. The zero-order valence-electron chi connectivity index (χ0n) is 9.34. The molecule has 0 bridgehead atoms. The van der Waals surface area contributed by atoms with Gasteiger partial charge in [0.2, 0.25) is 0 Å². The van der Waals surface area contributed by atoms with E-state index < -0.39 is 0 Å². The fraction of sp³-hybridized carbons (Fsp3) is 0.200. The molecule has 1 unspecified atom stereocenters. The molecule has 0 heterocycles. The van der Waals surface area contributed by atoms with Gasteiger partial charge in [0, 0.05) is 6.04 Å². The summed E-state index contributed by atoms with van der Waals surface area (Å²) in [6.45, 7) is 0. The summed E-state index contributed by atoms with van der Waals surface area (Å²) in [6.07, 6.45) is 12.9. The zero-order chi connectivity index (χ0) is 11.2. The van der Waals surface area contributed by atoms with Gasteiger partial charge in [0.1, 0.15) is 0 Å². The largest absolute Gasteiger partial charge is 0.321 e. The smallest absolute Gasteiger partial charge is 0.0481 e. The molecule has 0 saturated heterocycles. The molecule has 0 saturated carbocycles. The second-order valence-corrected chi connectivity index (χ2v) is 3.98. The van der Waals surface area contributed by atoms with Crippen molar-refractivity contribution < 1.29 is 0 Å². The Morgan fingerprint density at radius 2 is 1.94 bits per heavy atom. The SMILES string of the molecule is NC(/C=C\c1ccccc1)C1=CCCC=C1. The van der Waals surface area contributed by atoms with Crippen LogP contribution in [0.4, 0.5) is 0 Å². The third-order valence-corrected chi connectivity index (χ3v) is 2.70. The van der Waals surface area contributed by atoms with Crippen molar-refractivity contribution >= 4 is 6.08 Å². The van der Waals surface area contributed by atoms with Crippen LogP contribution in [0.3, 0.4) is 0 Å². The number of hydrogen-bond acceptors (Lipinski definition) is 1. The van der Waals surface area contributed by atoms with Crippen LogP contribution in [-0.4, -0.2) is 6.04 Å². The van der Waals surface area contributed by atoms with Gasteiger partial charge in [0.25, 0.3) is 0 Å². The average molecular weight is 211 g/mol. The van der Waals surface area contributed by atoms with Crippen LogP contribution in [0.5, 0.6) is 0 Å². The minimum absolute atomic E-state index is 0.0109. The molecule has 0 amide bonds. The Labute approximate surface area is 97.0 Å².